The van der Waals surface area contributed by atoms with E-state index in [1.807, 2.05) is 6.07 Å². The first-order chi connectivity index (χ1) is 7.27. The van der Waals surface area contributed by atoms with Crippen molar-refractivity contribution in [3.8, 4) is 5.75 Å². The van der Waals surface area contributed by atoms with E-state index in [-0.39, 0.29) is 11.7 Å². The SMILES string of the molecule is Cn1cccc(OC2CCCCC2)c1=O. The van der Waals surface area contributed by atoms with E-state index in [9.17, 15) is 4.79 Å². The number of pyridine rings is 1. The van der Waals surface area contributed by atoms with Gasteiger partial charge in [0.2, 0.25) is 0 Å². The predicted molar refractivity (Wildman–Crippen MR) is 59.2 cm³/mol. The van der Waals surface area contributed by atoms with Crippen LogP contribution in [-0.4, -0.2) is 10.7 Å². The summed E-state index contributed by atoms with van der Waals surface area (Å²) in [5, 5.41) is 0. The molecule has 0 N–H and O–H groups in total. The summed E-state index contributed by atoms with van der Waals surface area (Å²) < 4.78 is 7.29. The minimum atomic E-state index is -0.0388. The summed E-state index contributed by atoms with van der Waals surface area (Å²) in [6, 6.07) is 3.61. The molecule has 1 aliphatic carbocycles. The number of hydrogen-bond donors (Lipinski definition) is 0. The Morgan fingerprint density at radius 2 is 2.07 bits per heavy atom. The van der Waals surface area contributed by atoms with E-state index in [1.54, 1.807) is 23.9 Å². The summed E-state index contributed by atoms with van der Waals surface area (Å²) in [5.74, 6) is 0.493. The molecule has 1 heterocycles. The fourth-order valence-electron chi connectivity index (χ4n) is 2.02. The van der Waals surface area contributed by atoms with Gasteiger partial charge < -0.3 is 9.30 Å². The average molecular weight is 207 g/mol. The zero-order valence-electron chi connectivity index (χ0n) is 9.11. The van der Waals surface area contributed by atoms with Gasteiger partial charge in [-0.2, -0.15) is 0 Å². The van der Waals surface area contributed by atoms with Crippen LogP contribution in [0.4, 0.5) is 0 Å². The first-order valence-electron chi connectivity index (χ1n) is 5.59. The second-order valence-electron chi connectivity index (χ2n) is 4.17. The van der Waals surface area contributed by atoms with Gasteiger partial charge in [-0.25, -0.2) is 0 Å². The number of hydrogen-bond acceptors (Lipinski definition) is 2. The van der Waals surface area contributed by atoms with Crippen molar-refractivity contribution in [1.29, 1.82) is 0 Å². The highest BCUT2D eigenvalue weighted by atomic mass is 16.5. The zero-order chi connectivity index (χ0) is 10.7. The second kappa shape index (κ2) is 4.51. The third kappa shape index (κ3) is 2.41. The first kappa shape index (κ1) is 10.3. The van der Waals surface area contributed by atoms with Gasteiger partial charge in [0, 0.05) is 13.2 Å². The van der Waals surface area contributed by atoms with E-state index < -0.39 is 0 Å². The summed E-state index contributed by atoms with van der Waals surface area (Å²) in [7, 11) is 1.75. The Kier molecular flexibility index (Phi) is 3.09. The highest BCUT2D eigenvalue weighted by Gasteiger charge is 2.16. The Hall–Kier alpha value is -1.25. The van der Waals surface area contributed by atoms with E-state index in [1.165, 1.54) is 19.3 Å². The minimum Gasteiger partial charge on any atom is -0.485 e. The molecule has 1 saturated carbocycles. The molecule has 0 spiro atoms. The van der Waals surface area contributed by atoms with Crippen LogP contribution in [0.25, 0.3) is 0 Å². The highest BCUT2D eigenvalue weighted by Crippen LogP contribution is 2.21. The van der Waals surface area contributed by atoms with Crippen LogP contribution in [0.1, 0.15) is 32.1 Å². The van der Waals surface area contributed by atoms with E-state index in [2.05, 4.69) is 0 Å². The van der Waals surface area contributed by atoms with Crippen LogP contribution in [-0.2, 0) is 7.05 Å². The maximum Gasteiger partial charge on any atom is 0.292 e. The average Bonchev–Trinajstić information content (AvgIpc) is 2.26. The van der Waals surface area contributed by atoms with Gasteiger partial charge in [0.1, 0.15) is 0 Å². The molecule has 0 amide bonds. The predicted octanol–water partition coefficient (Wildman–Crippen LogP) is 2.10. The van der Waals surface area contributed by atoms with Crippen LogP contribution >= 0.6 is 0 Å². The monoisotopic (exact) mass is 207 g/mol. The van der Waals surface area contributed by atoms with Crippen LogP contribution in [0.3, 0.4) is 0 Å². The molecule has 0 atom stereocenters. The molecule has 3 heteroatoms. The van der Waals surface area contributed by atoms with Crippen LogP contribution in [0, 0.1) is 0 Å². The van der Waals surface area contributed by atoms with Crippen LogP contribution in [0.15, 0.2) is 23.1 Å². The molecule has 0 aromatic carbocycles. The molecule has 1 fully saturated rings. The van der Waals surface area contributed by atoms with Crippen molar-refractivity contribution in [3.63, 3.8) is 0 Å². The fourth-order valence-corrected chi connectivity index (χ4v) is 2.02. The minimum absolute atomic E-state index is 0.0388. The normalized spacial score (nSPS) is 17.7. The van der Waals surface area contributed by atoms with E-state index in [0.29, 0.717) is 5.75 Å². The van der Waals surface area contributed by atoms with Gasteiger partial charge in [0.15, 0.2) is 5.75 Å². The molecule has 0 bridgehead atoms. The molecular weight excluding hydrogens is 190 g/mol. The number of ether oxygens (including phenoxy) is 1. The summed E-state index contributed by atoms with van der Waals surface area (Å²) in [4.78, 5) is 11.7. The third-order valence-electron chi connectivity index (χ3n) is 2.93. The number of aromatic nitrogens is 1. The molecule has 82 valence electrons. The first-order valence-corrected chi connectivity index (χ1v) is 5.59. The number of nitrogens with zero attached hydrogens (tertiary/aromatic N) is 1. The molecule has 1 aromatic heterocycles. The quantitative estimate of drug-likeness (QED) is 0.743. The van der Waals surface area contributed by atoms with Crippen molar-refractivity contribution in [2.24, 2.45) is 7.05 Å². The van der Waals surface area contributed by atoms with Crippen molar-refractivity contribution in [2.45, 2.75) is 38.2 Å². The summed E-state index contributed by atoms with van der Waals surface area (Å²) in [6.07, 6.45) is 7.89. The van der Waals surface area contributed by atoms with Gasteiger partial charge in [-0.1, -0.05) is 6.42 Å². The number of aryl methyl sites for hydroxylation is 1. The molecule has 2 rings (SSSR count). The Morgan fingerprint density at radius 1 is 1.33 bits per heavy atom. The molecular formula is C12H17NO2. The highest BCUT2D eigenvalue weighted by molar-refractivity contribution is 5.17. The molecule has 0 saturated heterocycles. The summed E-state index contributed by atoms with van der Waals surface area (Å²) in [6.45, 7) is 0. The Balaban J connectivity index is 2.09. The Bertz CT molecular complexity index is 377. The molecule has 0 aliphatic heterocycles. The third-order valence-corrected chi connectivity index (χ3v) is 2.93. The Labute approximate surface area is 89.7 Å². The van der Waals surface area contributed by atoms with Gasteiger partial charge >= 0.3 is 0 Å². The van der Waals surface area contributed by atoms with Gasteiger partial charge in [-0.3, -0.25) is 4.79 Å². The van der Waals surface area contributed by atoms with Crippen molar-refractivity contribution in [3.05, 3.63) is 28.7 Å². The lowest BCUT2D eigenvalue weighted by molar-refractivity contribution is 0.152. The molecule has 0 unspecified atom stereocenters. The largest absolute Gasteiger partial charge is 0.485 e. The Morgan fingerprint density at radius 3 is 2.80 bits per heavy atom. The standard InChI is InChI=1S/C12H17NO2/c1-13-9-5-8-11(12(13)14)15-10-6-3-2-4-7-10/h5,8-10H,2-4,6-7H2,1H3. The topological polar surface area (TPSA) is 31.2 Å². The molecule has 15 heavy (non-hydrogen) atoms. The lowest BCUT2D eigenvalue weighted by Gasteiger charge is -2.22. The van der Waals surface area contributed by atoms with Crippen LogP contribution in [0.2, 0.25) is 0 Å². The van der Waals surface area contributed by atoms with Crippen molar-refractivity contribution in [2.75, 3.05) is 0 Å². The van der Waals surface area contributed by atoms with E-state index >= 15 is 0 Å². The lowest BCUT2D eigenvalue weighted by atomic mass is 9.98. The van der Waals surface area contributed by atoms with Gasteiger partial charge in [-0.05, 0) is 37.8 Å². The second-order valence-corrected chi connectivity index (χ2v) is 4.17. The van der Waals surface area contributed by atoms with Gasteiger partial charge in [0.25, 0.3) is 5.56 Å². The maximum absolute atomic E-state index is 11.7. The summed E-state index contributed by atoms with van der Waals surface area (Å²) in [5.41, 5.74) is -0.0388. The molecule has 0 radical (unpaired) electrons. The van der Waals surface area contributed by atoms with Crippen molar-refractivity contribution >= 4 is 0 Å². The van der Waals surface area contributed by atoms with Gasteiger partial charge in [0.05, 0.1) is 6.10 Å². The van der Waals surface area contributed by atoms with Crippen molar-refractivity contribution < 1.29 is 4.74 Å². The fraction of sp³-hybridized carbons (Fsp3) is 0.583. The van der Waals surface area contributed by atoms with Crippen LogP contribution < -0.4 is 10.3 Å². The smallest absolute Gasteiger partial charge is 0.292 e. The molecule has 3 nitrogen and oxygen atoms in total. The lowest BCUT2D eigenvalue weighted by Crippen LogP contribution is -2.25. The van der Waals surface area contributed by atoms with E-state index in [4.69, 9.17) is 4.74 Å². The zero-order valence-corrected chi connectivity index (χ0v) is 9.11. The maximum atomic E-state index is 11.7. The van der Waals surface area contributed by atoms with E-state index in [0.717, 1.165) is 12.8 Å². The molecule has 1 aromatic rings. The number of rotatable bonds is 2. The van der Waals surface area contributed by atoms with Crippen molar-refractivity contribution in [1.82, 2.24) is 4.57 Å². The summed E-state index contributed by atoms with van der Waals surface area (Å²) >= 11 is 0. The molecule has 1 aliphatic rings. The van der Waals surface area contributed by atoms with Gasteiger partial charge in [-0.15, -0.1) is 0 Å². The van der Waals surface area contributed by atoms with Crippen LogP contribution in [0.5, 0.6) is 5.75 Å².